The minimum atomic E-state index is -0.191. The summed E-state index contributed by atoms with van der Waals surface area (Å²) in [6, 6.07) is 9.56. The molecule has 0 unspecified atom stereocenters. The first kappa shape index (κ1) is 15.7. The summed E-state index contributed by atoms with van der Waals surface area (Å²) in [5, 5.41) is 18.5. The highest BCUT2D eigenvalue weighted by Gasteiger charge is 2.18. The summed E-state index contributed by atoms with van der Waals surface area (Å²) >= 11 is 0. The summed E-state index contributed by atoms with van der Waals surface area (Å²) in [7, 11) is 0. The van der Waals surface area contributed by atoms with E-state index < -0.39 is 0 Å². The van der Waals surface area contributed by atoms with E-state index >= 15 is 0 Å². The van der Waals surface area contributed by atoms with Crippen molar-refractivity contribution >= 4 is 11.6 Å². The zero-order chi connectivity index (χ0) is 16.1. The van der Waals surface area contributed by atoms with Gasteiger partial charge in [-0.1, -0.05) is 12.1 Å². The molecule has 0 spiro atoms. The Labute approximate surface area is 135 Å². The third-order valence-electron chi connectivity index (χ3n) is 4.30. The number of likely N-dealkylation sites (tertiary alicyclic amines) is 1. The molecular formula is C17H22N4O2. The molecule has 122 valence electrons. The highest BCUT2D eigenvalue weighted by Crippen LogP contribution is 2.20. The minimum absolute atomic E-state index is 0.191. The Balaban J connectivity index is 1.58. The number of piperidine rings is 1. The molecule has 23 heavy (non-hydrogen) atoms. The lowest BCUT2D eigenvalue weighted by Gasteiger charge is -2.31. The number of anilines is 1. The molecule has 0 radical (unpaired) electrons. The lowest BCUT2D eigenvalue weighted by atomic mass is 9.97. The van der Waals surface area contributed by atoms with E-state index in [4.69, 9.17) is 0 Å². The molecule has 6 nitrogen and oxygen atoms in total. The average molecular weight is 314 g/mol. The van der Waals surface area contributed by atoms with Gasteiger partial charge in [0.1, 0.15) is 5.69 Å². The molecule has 1 saturated heterocycles. The van der Waals surface area contributed by atoms with E-state index in [0.29, 0.717) is 18.2 Å². The fourth-order valence-electron chi connectivity index (χ4n) is 2.91. The number of H-pyrrole nitrogens is 1. The van der Waals surface area contributed by atoms with Crippen molar-refractivity contribution in [1.82, 2.24) is 15.1 Å². The smallest absolute Gasteiger partial charge is 0.273 e. The molecule has 1 fully saturated rings. The molecule has 1 aliphatic heterocycles. The number of aliphatic hydroxyl groups excluding tert-OH is 1. The quantitative estimate of drug-likeness (QED) is 0.787. The molecule has 3 rings (SSSR count). The third kappa shape index (κ3) is 4.18. The predicted octanol–water partition coefficient (Wildman–Crippen LogP) is 1.87. The number of carbonyl (C=O) groups excluding carboxylic acids is 1. The number of hydrogen-bond acceptors (Lipinski definition) is 4. The van der Waals surface area contributed by atoms with Crippen LogP contribution in [0.15, 0.2) is 36.5 Å². The van der Waals surface area contributed by atoms with Crippen LogP contribution >= 0.6 is 0 Å². The fourth-order valence-corrected chi connectivity index (χ4v) is 2.91. The molecule has 2 aromatic rings. The summed E-state index contributed by atoms with van der Waals surface area (Å²) in [5.41, 5.74) is 2.41. The molecule has 0 atom stereocenters. The molecule has 0 saturated carbocycles. The van der Waals surface area contributed by atoms with E-state index in [1.165, 1.54) is 5.56 Å². The molecule has 3 N–H and O–H groups in total. The first-order valence-electron chi connectivity index (χ1n) is 7.97. The highest BCUT2D eigenvalue weighted by atomic mass is 16.3. The number of aromatic nitrogens is 2. The Morgan fingerprint density at radius 3 is 2.87 bits per heavy atom. The van der Waals surface area contributed by atoms with Gasteiger partial charge in [-0.15, -0.1) is 0 Å². The number of amides is 1. The van der Waals surface area contributed by atoms with Gasteiger partial charge in [-0.2, -0.15) is 5.10 Å². The van der Waals surface area contributed by atoms with Crippen LogP contribution in [0.3, 0.4) is 0 Å². The van der Waals surface area contributed by atoms with Crippen molar-refractivity contribution in [2.75, 3.05) is 25.0 Å². The van der Waals surface area contributed by atoms with Crippen LogP contribution in [0.4, 0.5) is 5.69 Å². The number of hydrogen-bond donors (Lipinski definition) is 3. The normalized spacial score (nSPS) is 16.4. The van der Waals surface area contributed by atoms with Gasteiger partial charge in [0, 0.05) is 25.0 Å². The maximum Gasteiger partial charge on any atom is 0.273 e. The van der Waals surface area contributed by atoms with Crippen LogP contribution in [-0.2, 0) is 6.54 Å². The molecule has 1 aromatic heterocycles. The van der Waals surface area contributed by atoms with E-state index in [-0.39, 0.29) is 5.91 Å². The van der Waals surface area contributed by atoms with Crippen LogP contribution in [0.5, 0.6) is 0 Å². The molecule has 6 heteroatoms. The molecule has 0 bridgehead atoms. The zero-order valence-corrected chi connectivity index (χ0v) is 13.0. The number of carbonyl (C=O) groups is 1. The first-order valence-corrected chi connectivity index (χ1v) is 7.97. The predicted molar refractivity (Wildman–Crippen MR) is 88.1 cm³/mol. The second-order valence-corrected chi connectivity index (χ2v) is 6.03. The van der Waals surface area contributed by atoms with E-state index in [9.17, 15) is 9.90 Å². The highest BCUT2D eigenvalue weighted by molar-refractivity contribution is 6.02. The zero-order valence-electron chi connectivity index (χ0n) is 13.0. The maximum atomic E-state index is 12.0. The summed E-state index contributed by atoms with van der Waals surface area (Å²) in [6.07, 6.45) is 3.65. The number of rotatable bonds is 5. The maximum absolute atomic E-state index is 12.0. The van der Waals surface area contributed by atoms with Crippen molar-refractivity contribution in [3.8, 4) is 0 Å². The Bertz CT molecular complexity index is 634. The monoisotopic (exact) mass is 314 g/mol. The van der Waals surface area contributed by atoms with Crippen LogP contribution < -0.4 is 5.32 Å². The van der Waals surface area contributed by atoms with Crippen LogP contribution in [0.1, 0.15) is 28.9 Å². The summed E-state index contributed by atoms with van der Waals surface area (Å²) < 4.78 is 0. The molecule has 1 amide bonds. The average Bonchev–Trinajstić information content (AvgIpc) is 3.10. The second kappa shape index (κ2) is 7.39. The molecule has 0 aliphatic carbocycles. The topological polar surface area (TPSA) is 81.2 Å². The molecule has 1 aromatic carbocycles. The van der Waals surface area contributed by atoms with Gasteiger partial charge in [0.25, 0.3) is 5.91 Å². The van der Waals surface area contributed by atoms with Gasteiger partial charge in [0.2, 0.25) is 0 Å². The summed E-state index contributed by atoms with van der Waals surface area (Å²) in [5.74, 6) is 0.259. The van der Waals surface area contributed by atoms with E-state index in [1.54, 1.807) is 12.3 Å². The van der Waals surface area contributed by atoms with Gasteiger partial charge < -0.3 is 10.4 Å². The van der Waals surface area contributed by atoms with Crippen molar-refractivity contribution in [3.63, 3.8) is 0 Å². The number of benzene rings is 1. The summed E-state index contributed by atoms with van der Waals surface area (Å²) in [4.78, 5) is 14.4. The Morgan fingerprint density at radius 2 is 2.17 bits per heavy atom. The number of aromatic amines is 1. The first-order chi connectivity index (χ1) is 11.2. The second-order valence-electron chi connectivity index (χ2n) is 6.03. The van der Waals surface area contributed by atoms with Crippen molar-refractivity contribution in [3.05, 3.63) is 47.8 Å². The molecular weight excluding hydrogens is 292 g/mol. The van der Waals surface area contributed by atoms with Gasteiger partial charge in [-0.05, 0) is 55.6 Å². The fraction of sp³-hybridized carbons (Fsp3) is 0.412. The van der Waals surface area contributed by atoms with E-state index in [0.717, 1.165) is 38.2 Å². The van der Waals surface area contributed by atoms with Crippen molar-refractivity contribution in [2.24, 2.45) is 5.92 Å². The van der Waals surface area contributed by atoms with Crippen LogP contribution in [-0.4, -0.2) is 45.8 Å². The standard InChI is InChI=1S/C17H22N4O2/c22-12-13-5-8-21(9-6-13)11-14-2-1-3-15(10-14)19-17(23)16-4-7-18-20-16/h1-4,7,10,13,22H,5-6,8-9,11-12H2,(H,18,20)(H,19,23). The van der Waals surface area contributed by atoms with Crippen molar-refractivity contribution in [2.45, 2.75) is 19.4 Å². The molecule has 2 heterocycles. The van der Waals surface area contributed by atoms with Crippen LogP contribution in [0.2, 0.25) is 0 Å². The van der Waals surface area contributed by atoms with E-state index in [2.05, 4.69) is 26.5 Å². The van der Waals surface area contributed by atoms with Crippen LogP contribution in [0.25, 0.3) is 0 Å². The minimum Gasteiger partial charge on any atom is -0.396 e. The largest absolute Gasteiger partial charge is 0.396 e. The lowest BCUT2D eigenvalue weighted by molar-refractivity contribution is 0.102. The number of nitrogens with zero attached hydrogens (tertiary/aromatic N) is 2. The third-order valence-corrected chi connectivity index (χ3v) is 4.30. The van der Waals surface area contributed by atoms with Gasteiger partial charge in [-0.3, -0.25) is 14.8 Å². The van der Waals surface area contributed by atoms with E-state index in [1.807, 2.05) is 18.2 Å². The SMILES string of the molecule is O=C(Nc1cccc(CN2CCC(CO)CC2)c1)c1ccn[nH]1. The number of aliphatic hydroxyl groups is 1. The lowest BCUT2D eigenvalue weighted by Crippen LogP contribution is -2.34. The van der Waals surface area contributed by atoms with Crippen molar-refractivity contribution in [1.29, 1.82) is 0 Å². The Kier molecular flexibility index (Phi) is 5.05. The van der Waals surface area contributed by atoms with Gasteiger partial charge in [-0.25, -0.2) is 0 Å². The van der Waals surface area contributed by atoms with Gasteiger partial charge >= 0.3 is 0 Å². The molecule has 1 aliphatic rings. The van der Waals surface area contributed by atoms with Gasteiger partial charge in [0.05, 0.1) is 0 Å². The summed E-state index contributed by atoms with van der Waals surface area (Å²) in [6.45, 7) is 3.18. The van der Waals surface area contributed by atoms with Gasteiger partial charge in [0.15, 0.2) is 0 Å². The Morgan fingerprint density at radius 1 is 1.35 bits per heavy atom. The van der Waals surface area contributed by atoms with Crippen molar-refractivity contribution < 1.29 is 9.90 Å². The Hall–Kier alpha value is -2.18. The number of nitrogens with one attached hydrogen (secondary N) is 2. The van der Waals surface area contributed by atoms with Crippen LogP contribution in [0, 0.1) is 5.92 Å².